The number of amides is 1. The largest absolute Gasteiger partial charge is 0.337 e. The molecule has 1 amide bonds. The van der Waals surface area contributed by atoms with E-state index in [1.165, 1.54) is 12.1 Å². The minimum absolute atomic E-state index is 0.114. The smallest absolute Gasteiger partial charge is 0.257 e. The second-order valence-corrected chi connectivity index (χ2v) is 7.39. The third-order valence-electron chi connectivity index (χ3n) is 5.37. The van der Waals surface area contributed by atoms with Crippen molar-refractivity contribution in [1.29, 1.82) is 0 Å². The monoisotopic (exact) mass is 356 g/mol. The van der Waals surface area contributed by atoms with E-state index in [9.17, 15) is 9.18 Å². The molecule has 138 valence electrons. The Bertz CT molecular complexity index is 782. The number of rotatable bonds is 4. The number of benzene rings is 1. The van der Waals surface area contributed by atoms with Crippen LogP contribution >= 0.6 is 0 Å². The molecular weight excluding hydrogens is 331 g/mol. The van der Waals surface area contributed by atoms with Crippen molar-refractivity contribution in [2.24, 2.45) is 7.05 Å². The van der Waals surface area contributed by atoms with Crippen molar-refractivity contribution >= 4 is 5.91 Å². The Morgan fingerprint density at radius 1 is 1.15 bits per heavy atom. The van der Waals surface area contributed by atoms with Gasteiger partial charge in [0.25, 0.3) is 5.91 Å². The van der Waals surface area contributed by atoms with Crippen LogP contribution in [0, 0.1) is 5.82 Å². The fourth-order valence-electron chi connectivity index (χ4n) is 3.80. The fraction of sp³-hybridized carbons (Fsp3) is 0.500. The van der Waals surface area contributed by atoms with E-state index in [2.05, 4.69) is 10.00 Å². The predicted molar refractivity (Wildman–Crippen MR) is 97.4 cm³/mol. The van der Waals surface area contributed by atoms with Crippen LogP contribution in [0.5, 0.6) is 0 Å². The Labute approximate surface area is 153 Å². The van der Waals surface area contributed by atoms with Gasteiger partial charge in [0.2, 0.25) is 0 Å². The molecule has 5 nitrogen and oxygen atoms in total. The van der Waals surface area contributed by atoms with Crippen LogP contribution in [0.4, 0.5) is 4.39 Å². The van der Waals surface area contributed by atoms with Crippen LogP contribution in [0.15, 0.2) is 30.5 Å². The maximum atomic E-state index is 13.1. The number of hydrogen-bond acceptors (Lipinski definition) is 3. The van der Waals surface area contributed by atoms with Gasteiger partial charge in [-0.3, -0.25) is 14.4 Å². The normalized spacial score (nSPS) is 18.8. The van der Waals surface area contributed by atoms with E-state index in [1.807, 2.05) is 28.8 Å². The van der Waals surface area contributed by atoms with Crippen molar-refractivity contribution in [3.8, 4) is 0 Å². The number of halogens is 1. The number of nitrogens with zero attached hydrogens (tertiary/aromatic N) is 4. The van der Waals surface area contributed by atoms with Gasteiger partial charge in [-0.25, -0.2) is 4.39 Å². The van der Waals surface area contributed by atoms with Gasteiger partial charge in [0.15, 0.2) is 0 Å². The molecule has 0 spiro atoms. The summed E-state index contributed by atoms with van der Waals surface area (Å²) in [6, 6.07) is 6.68. The van der Waals surface area contributed by atoms with Gasteiger partial charge in [-0.05, 0) is 37.0 Å². The highest BCUT2D eigenvalue weighted by molar-refractivity contribution is 5.95. The highest BCUT2D eigenvalue weighted by Gasteiger charge is 2.33. The number of hydrogen-bond donors (Lipinski definition) is 0. The second kappa shape index (κ2) is 7.19. The summed E-state index contributed by atoms with van der Waals surface area (Å²) in [6.45, 7) is 4.07. The molecule has 26 heavy (non-hydrogen) atoms. The molecular formula is C20H25FN4O. The van der Waals surface area contributed by atoms with E-state index in [1.54, 1.807) is 6.20 Å². The van der Waals surface area contributed by atoms with Crippen LogP contribution < -0.4 is 0 Å². The third kappa shape index (κ3) is 3.65. The number of carbonyl (C=O) groups excluding carboxylic acids is 1. The lowest BCUT2D eigenvalue weighted by molar-refractivity contribution is 0.0759. The van der Waals surface area contributed by atoms with E-state index in [0.717, 1.165) is 68.8 Å². The minimum Gasteiger partial charge on any atom is -0.337 e. The molecule has 1 saturated carbocycles. The molecule has 0 N–H and O–H groups in total. The van der Waals surface area contributed by atoms with E-state index in [-0.39, 0.29) is 11.7 Å². The molecule has 1 saturated heterocycles. The van der Waals surface area contributed by atoms with Gasteiger partial charge in [0.1, 0.15) is 5.82 Å². The Kier molecular flexibility index (Phi) is 4.76. The first-order chi connectivity index (χ1) is 12.6. The van der Waals surface area contributed by atoms with Crippen molar-refractivity contribution < 1.29 is 9.18 Å². The zero-order valence-corrected chi connectivity index (χ0v) is 15.2. The molecule has 0 unspecified atom stereocenters. The van der Waals surface area contributed by atoms with Gasteiger partial charge in [-0.1, -0.05) is 12.1 Å². The lowest BCUT2D eigenvalue weighted by Crippen LogP contribution is -2.35. The molecule has 1 aliphatic carbocycles. The van der Waals surface area contributed by atoms with Gasteiger partial charge < -0.3 is 4.90 Å². The first-order valence-corrected chi connectivity index (χ1v) is 9.40. The quantitative estimate of drug-likeness (QED) is 0.846. The molecule has 6 heteroatoms. The van der Waals surface area contributed by atoms with Crippen LogP contribution in [0.25, 0.3) is 0 Å². The molecule has 1 aromatic carbocycles. The molecule has 0 radical (unpaired) electrons. The summed E-state index contributed by atoms with van der Waals surface area (Å²) in [5.41, 5.74) is 2.99. The number of aryl methyl sites for hydroxylation is 1. The average Bonchev–Trinajstić information content (AvgIpc) is 3.43. The standard InChI is InChI=1S/C20H25FN4O/c1-23-19(16-5-6-16)18(13-22-23)20(26)25-10-2-9-24(11-12-25)14-15-3-7-17(21)8-4-15/h3-4,7-8,13,16H,2,5-6,9-12,14H2,1H3. The number of aromatic nitrogens is 2. The van der Waals surface area contributed by atoms with Gasteiger partial charge >= 0.3 is 0 Å². The molecule has 2 heterocycles. The van der Waals surface area contributed by atoms with Gasteiger partial charge in [0, 0.05) is 45.7 Å². The molecule has 2 aromatic rings. The van der Waals surface area contributed by atoms with Crippen LogP contribution in [-0.2, 0) is 13.6 Å². The summed E-state index contributed by atoms with van der Waals surface area (Å²) in [4.78, 5) is 17.3. The Morgan fingerprint density at radius 2 is 1.92 bits per heavy atom. The fourth-order valence-corrected chi connectivity index (χ4v) is 3.80. The van der Waals surface area contributed by atoms with Crippen molar-refractivity contribution in [3.63, 3.8) is 0 Å². The molecule has 2 aliphatic rings. The zero-order chi connectivity index (χ0) is 18.1. The highest BCUT2D eigenvalue weighted by Crippen LogP contribution is 2.41. The molecule has 0 atom stereocenters. The van der Waals surface area contributed by atoms with Gasteiger partial charge in [-0.2, -0.15) is 5.10 Å². The van der Waals surface area contributed by atoms with Gasteiger partial charge in [0.05, 0.1) is 17.5 Å². The highest BCUT2D eigenvalue weighted by atomic mass is 19.1. The zero-order valence-electron chi connectivity index (χ0n) is 15.2. The Balaban J connectivity index is 1.40. The van der Waals surface area contributed by atoms with E-state index in [0.29, 0.717) is 5.92 Å². The Hall–Kier alpha value is -2.21. The number of carbonyl (C=O) groups is 1. The molecule has 2 fully saturated rings. The Morgan fingerprint density at radius 3 is 2.65 bits per heavy atom. The maximum absolute atomic E-state index is 13.1. The van der Waals surface area contributed by atoms with Crippen molar-refractivity contribution in [2.75, 3.05) is 26.2 Å². The summed E-state index contributed by atoms with van der Waals surface area (Å²) >= 11 is 0. The molecule has 0 bridgehead atoms. The van der Waals surface area contributed by atoms with E-state index >= 15 is 0 Å². The molecule has 1 aromatic heterocycles. The summed E-state index contributed by atoms with van der Waals surface area (Å²) in [5, 5.41) is 4.32. The summed E-state index contributed by atoms with van der Waals surface area (Å²) in [6.07, 6.45) is 5.00. The summed E-state index contributed by atoms with van der Waals surface area (Å²) < 4.78 is 14.9. The van der Waals surface area contributed by atoms with Crippen molar-refractivity contribution in [2.45, 2.75) is 31.7 Å². The lowest BCUT2D eigenvalue weighted by Gasteiger charge is -2.22. The van der Waals surface area contributed by atoms with E-state index in [4.69, 9.17) is 0 Å². The second-order valence-electron chi connectivity index (χ2n) is 7.39. The maximum Gasteiger partial charge on any atom is 0.257 e. The minimum atomic E-state index is -0.204. The average molecular weight is 356 g/mol. The summed E-state index contributed by atoms with van der Waals surface area (Å²) in [5.74, 6) is 0.413. The molecule has 1 aliphatic heterocycles. The summed E-state index contributed by atoms with van der Waals surface area (Å²) in [7, 11) is 1.93. The molecule has 4 rings (SSSR count). The van der Waals surface area contributed by atoms with Crippen LogP contribution in [0.3, 0.4) is 0 Å². The van der Waals surface area contributed by atoms with Crippen LogP contribution in [0.2, 0.25) is 0 Å². The SMILES string of the molecule is Cn1ncc(C(=O)N2CCCN(Cc3ccc(F)cc3)CC2)c1C1CC1. The third-order valence-corrected chi connectivity index (χ3v) is 5.37. The first kappa shape index (κ1) is 17.2. The van der Waals surface area contributed by atoms with Crippen LogP contribution in [-0.4, -0.2) is 51.7 Å². The van der Waals surface area contributed by atoms with Gasteiger partial charge in [-0.15, -0.1) is 0 Å². The first-order valence-electron chi connectivity index (χ1n) is 9.40. The topological polar surface area (TPSA) is 41.4 Å². The van der Waals surface area contributed by atoms with E-state index < -0.39 is 0 Å². The van der Waals surface area contributed by atoms with Crippen molar-refractivity contribution in [1.82, 2.24) is 19.6 Å². The van der Waals surface area contributed by atoms with Crippen molar-refractivity contribution in [3.05, 3.63) is 53.1 Å². The predicted octanol–water partition coefficient (Wildman–Crippen LogP) is 2.78. The van der Waals surface area contributed by atoms with Crippen LogP contribution in [0.1, 0.15) is 46.8 Å². The lowest BCUT2D eigenvalue weighted by atomic mass is 10.1.